The number of hydrogen-bond acceptors (Lipinski definition) is 1. The summed E-state index contributed by atoms with van der Waals surface area (Å²) in [7, 11) is 0. The van der Waals surface area contributed by atoms with Crippen molar-refractivity contribution in [2.45, 2.75) is 49.6 Å². The zero-order valence-corrected chi connectivity index (χ0v) is 16.8. The molecule has 0 aliphatic rings. The van der Waals surface area contributed by atoms with Crippen LogP contribution in [-0.4, -0.2) is 60.7 Å². The van der Waals surface area contributed by atoms with E-state index in [1.807, 2.05) is 0 Å². The number of hydrogen-bond donors (Lipinski definition) is 1. The van der Waals surface area contributed by atoms with Crippen LogP contribution < -0.4 is 0 Å². The average Bonchev–Trinajstić information content (AvgIpc) is 2.52. The van der Waals surface area contributed by atoms with E-state index < -0.39 is 55.6 Å². The standard InChI is InChI=1S/C10HCl5F14O2/c11-3(18,2(16,17)1(30)31)7(22,23)4(12,19)8(24,25)5(13,20)9(26,27)6(14,21)10(15,28)29/h(H,30,31). The highest BCUT2D eigenvalue weighted by Gasteiger charge is 2.93. The second-order valence-electron chi connectivity index (χ2n) is 5.40. The lowest BCUT2D eigenvalue weighted by atomic mass is 9.91. The fraction of sp³-hybridized carbons (Fsp3) is 0.900. The maximum Gasteiger partial charge on any atom is 0.395 e. The van der Waals surface area contributed by atoms with Crippen LogP contribution in [0, 0.1) is 0 Å². The minimum atomic E-state index is -7.77. The largest absolute Gasteiger partial charge is 0.477 e. The van der Waals surface area contributed by atoms with E-state index in [4.69, 9.17) is 5.11 Å². The molecular formula is C10HCl5F14O2. The van der Waals surface area contributed by atoms with E-state index in [1.54, 1.807) is 0 Å². The first kappa shape index (κ1) is 30.9. The Bertz CT molecular complexity index is 717. The van der Waals surface area contributed by atoms with Crippen molar-refractivity contribution in [3.63, 3.8) is 0 Å². The van der Waals surface area contributed by atoms with Crippen molar-refractivity contribution >= 4 is 64.0 Å². The van der Waals surface area contributed by atoms with Crippen LogP contribution >= 0.6 is 58.0 Å². The summed E-state index contributed by atoms with van der Waals surface area (Å²) < 4.78 is 189. The van der Waals surface area contributed by atoms with Gasteiger partial charge in [-0.15, -0.1) is 0 Å². The monoisotopic (exact) mass is 594 g/mol. The topological polar surface area (TPSA) is 37.3 Å². The molecule has 31 heavy (non-hydrogen) atoms. The predicted octanol–water partition coefficient (Wildman–Crippen LogP) is 7.06. The number of carboxylic acids is 1. The third-order valence-electron chi connectivity index (χ3n) is 3.38. The van der Waals surface area contributed by atoms with E-state index in [2.05, 4.69) is 58.0 Å². The van der Waals surface area contributed by atoms with Crippen LogP contribution in [0.4, 0.5) is 61.5 Å². The molecule has 0 aliphatic carbocycles. The van der Waals surface area contributed by atoms with Gasteiger partial charge in [0.2, 0.25) is 0 Å². The molecule has 0 amide bonds. The van der Waals surface area contributed by atoms with E-state index in [0.717, 1.165) is 0 Å². The molecule has 0 rings (SSSR count). The minimum absolute atomic E-state index is 3.73. The van der Waals surface area contributed by atoms with Gasteiger partial charge in [0, 0.05) is 0 Å². The fourth-order valence-electron chi connectivity index (χ4n) is 1.50. The Hall–Kier alpha value is -0.0600. The summed E-state index contributed by atoms with van der Waals surface area (Å²) >= 11 is 19.0. The van der Waals surface area contributed by atoms with Crippen molar-refractivity contribution in [1.29, 1.82) is 0 Å². The van der Waals surface area contributed by atoms with Gasteiger partial charge in [0.1, 0.15) is 0 Å². The highest BCUT2D eigenvalue weighted by atomic mass is 35.5. The summed E-state index contributed by atoms with van der Waals surface area (Å²) in [6.45, 7) is 0. The van der Waals surface area contributed by atoms with Crippen molar-refractivity contribution < 1.29 is 71.4 Å². The van der Waals surface area contributed by atoms with E-state index >= 15 is 0 Å². The van der Waals surface area contributed by atoms with Crippen LogP contribution in [0.1, 0.15) is 0 Å². The summed E-state index contributed by atoms with van der Waals surface area (Å²) in [6.07, 6.45) is 0. The summed E-state index contributed by atoms with van der Waals surface area (Å²) in [6, 6.07) is 0. The molecule has 186 valence electrons. The molecular weight excluding hydrogens is 595 g/mol. The number of aliphatic carboxylic acids is 1. The molecule has 0 saturated heterocycles. The average molecular weight is 596 g/mol. The van der Waals surface area contributed by atoms with Crippen LogP contribution in [0.5, 0.6) is 0 Å². The summed E-state index contributed by atoms with van der Waals surface area (Å²) in [5.74, 6) is -33.6. The lowest BCUT2D eigenvalue weighted by Gasteiger charge is -2.46. The maximum atomic E-state index is 14.0. The van der Waals surface area contributed by atoms with Gasteiger partial charge in [-0.1, -0.05) is 46.4 Å². The van der Waals surface area contributed by atoms with Crippen LogP contribution in [0.3, 0.4) is 0 Å². The van der Waals surface area contributed by atoms with E-state index in [-0.39, 0.29) is 0 Å². The molecule has 4 atom stereocenters. The smallest absolute Gasteiger partial charge is 0.395 e. The van der Waals surface area contributed by atoms with Crippen molar-refractivity contribution in [3.05, 3.63) is 0 Å². The van der Waals surface area contributed by atoms with Gasteiger partial charge in [0.15, 0.2) is 0 Å². The number of carbonyl (C=O) groups is 1. The van der Waals surface area contributed by atoms with Crippen molar-refractivity contribution in [2.75, 3.05) is 0 Å². The third-order valence-corrected chi connectivity index (χ3v) is 5.64. The molecule has 0 heterocycles. The zero-order chi connectivity index (χ0) is 26.1. The van der Waals surface area contributed by atoms with Gasteiger partial charge < -0.3 is 5.11 Å². The first-order chi connectivity index (χ1) is 12.9. The molecule has 0 spiro atoms. The van der Waals surface area contributed by atoms with Crippen molar-refractivity contribution in [1.82, 2.24) is 0 Å². The van der Waals surface area contributed by atoms with Gasteiger partial charge in [-0.25, -0.2) is 22.4 Å². The number of halogens is 19. The summed E-state index contributed by atoms with van der Waals surface area (Å²) in [4.78, 5) is 10.1. The molecule has 0 aromatic rings. The van der Waals surface area contributed by atoms with Gasteiger partial charge >= 0.3 is 55.6 Å². The van der Waals surface area contributed by atoms with Crippen LogP contribution in [0.25, 0.3) is 0 Å². The first-order valence-electron chi connectivity index (χ1n) is 6.27. The quantitative estimate of drug-likeness (QED) is 0.229. The molecule has 0 bridgehead atoms. The molecule has 0 radical (unpaired) electrons. The molecule has 0 aromatic carbocycles. The van der Waals surface area contributed by atoms with Crippen LogP contribution in [-0.2, 0) is 4.79 Å². The lowest BCUT2D eigenvalue weighted by molar-refractivity contribution is -0.327. The first-order valence-corrected chi connectivity index (χ1v) is 8.16. The Morgan fingerprint density at radius 1 is 0.484 bits per heavy atom. The molecule has 0 aromatic heterocycles. The molecule has 2 nitrogen and oxygen atoms in total. The van der Waals surface area contributed by atoms with Gasteiger partial charge in [-0.2, -0.15) is 43.9 Å². The number of rotatable bonds is 9. The lowest BCUT2D eigenvalue weighted by Crippen LogP contribution is -2.75. The Morgan fingerprint density at radius 3 is 0.935 bits per heavy atom. The van der Waals surface area contributed by atoms with Gasteiger partial charge in [-0.05, 0) is 11.6 Å². The Morgan fingerprint density at radius 2 is 0.710 bits per heavy atom. The Balaban J connectivity index is 6.95. The van der Waals surface area contributed by atoms with Crippen LogP contribution in [0.2, 0.25) is 0 Å². The van der Waals surface area contributed by atoms with Gasteiger partial charge in [0.25, 0.3) is 0 Å². The Labute approximate surface area is 185 Å². The van der Waals surface area contributed by atoms with Crippen LogP contribution in [0.15, 0.2) is 0 Å². The molecule has 0 saturated carbocycles. The molecule has 21 heteroatoms. The molecule has 0 fully saturated rings. The highest BCUT2D eigenvalue weighted by molar-refractivity contribution is 6.35. The molecule has 4 unspecified atom stereocenters. The maximum absolute atomic E-state index is 14.0. The normalized spacial score (nSPS) is 22.7. The van der Waals surface area contributed by atoms with E-state index in [9.17, 15) is 66.3 Å². The van der Waals surface area contributed by atoms with Gasteiger partial charge in [0.05, 0.1) is 0 Å². The summed E-state index contributed by atoms with van der Waals surface area (Å²) in [5, 5.41) is -26.4. The fourth-order valence-corrected chi connectivity index (χ4v) is 2.62. The number of alkyl halides is 19. The van der Waals surface area contributed by atoms with Crippen molar-refractivity contribution in [2.24, 2.45) is 0 Å². The van der Waals surface area contributed by atoms with E-state index in [1.165, 1.54) is 0 Å². The minimum Gasteiger partial charge on any atom is -0.477 e. The van der Waals surface area contributed by atoms with E-state index in [0.29, 0.717) is 0 Å². The zero-order valence-electron chi connectivity index (χ0n) is 13.0. The van der Waals surface area contributed by atoms with Gasteiger partial charge in [-0.3, -0.25) is 0 Å². The predicted molar refractivity (Wildman–Crippen MR) is 77.0 cm³/mol. The molecule has 0 aliphatic heterocycles. The van der Waals surface area contributed by atoms with Crippen molar-refractivity contribution in [3.8, 4) is 0 Å². The summed E-state index contributed by atoms with van der Waals surface area (Å²) in [5.41, 5.74) is 0. The SMILES string of the molecule is O=C(O)C(F)(F)C(F)(Cl)C(F)(F)C(F)(Cl)C(F)(F)C(F)(Cl)C(F)(F)C(F)(Cl)C(F)(F)Cl. The second-order valence-corrected chi connectivity index (χ2v) is 7.96. The Kier molecular flexibility index (Phi) is 7.72. The number of carboxylic acid groups (broad SMARTS) is 1. The second kappa shape index (κ2) is 7.73. The highest BCUT2D eigenvalue weighted by Crippen LogP contribution is 2.67. The third kappa shape index (κ3) is 3.85. The molecule has 1 N–H and O–H groups in total.